The molecule has 1 amide bonds. The second kappa shape index (κ2) is 8.73. The van der Waals surface area contributed by atoms with Crippen molar-refractivity contribution in [1.82, 2.24) is 15.5 Å². The summed E-state index contributed by atoms with van der Waals surface area (Å²) < 4.78 is 12.9. The minimum atomic E-state index is -0.386. The van der Waals surface area contributed by atoms with Crippen molar-refractivity contribution in [3.63, 3.8) is 0 Å². The molecule has 7 heteroatoms. The van der Waals surface area contributed by atoms with E-state index < -0.39 is 0 Å². The lowest BCUT2D eigenvalue weighted by molar-refractivity contribution is 0.0955. The number of aromatic nitrogens is 2. The van der Waals surface area contributed by atoms with E-state index in [9.17, 15) is 14.4 Å². The topological polar surface area (TPSA) is 90.7 Å². The van der Waals surface area contributed by atoms with Crippen LogP contribution in [0.4, 0.5) is 10.2 Å². The Morgan fingerprint density at radius 2 is 1.88 bits per heavy atom. The highest BCUT2D eigenvalue weighted by atomic mass is 19.1. The molecule has 0 radical (unpaired) electrons. The molecule has 0 unspecified atom stereocenters. The average Bonchev–Trinajstić information content (AvgIpc) is 2.64. The van der Waals surface area contributed by atoms with Gasteiger partial charge in [0.1, 0.15) is 17.4 Å². The number of hydrogen-bond donors (Lipinski definition) is 2. The van der Waals surface area contributed by atoms with Crippen LogP contribution in [0.1, 0.15) is 41.0 Å². The van der Waals surface area contributed by atoms with E-state index in [0.717, 1.165) is 17.7 Å². The molecule has 25 heavy (non-hydrogen) atoms. The van der Waals surface area contributed by atoms with Crippen molar-refractivity contribution in [3.05, 3.63) is 52.5 Å². The molecule has 0 spiro atoms. The predicted molar refractivity (Wildman–Crippen MR) is 92.7 cm³/mol. The number of nitrogens with one attached hydrogen (secondary N) is 2. The highest BCUT2D eigenvalue weighted by Gasteiger charge is 2.14. The van der Waals surface area contributed by atoms with E-state index in [-0.39, 0.29) is 11.7 Å². The standard InChI is InChI=1S/C18H20FN5O/c1-3-14-15(11-20)17(24-23-16(14)4-2)21-9-10-22-18(25)12-5-7-13(19)8-6-12/h5-8H,3-4,9-10H2,1-2H3,(H,21,24)(H,22,25). The summed E-state index contributed by atoms with van der Waals surface area (Å²) >= 11 is 0. The molecular weight excluding hydrogens is 321 g/mol. The van der Waals surface area contributed by atoms with Gasteiger partial charge in [-0.1, -0.05) is 13.8 Å². The van der Waals surface area contributed by atoms with Gasteiger partial charge in [0.2, 0.25) is 0 Å². The number of nitriles is 1. The Bertz CT molecular complexity index is 783. The molecule has 2 rings (SSSR count). The zero-order valence-corrected chi connectivity index (χ0v) is 14.3. The van der Waals surface area contributed by atoms with Gasteiger partial charge in [-0.05, 0) is 42.7 Å². The van der Waals surface area contributed by atoms with Gasteiger partial charge < -0.3 is 10.6 Å². The summed E-state index contributed by atoms with van der Waals surface area (Å²) in [4.78, 5) is 11.9. The van der Waals surface area contributed by atoms with Gasteiger partial charge in [-0.2, -0.15) is 10.4 Å². The molecule has 2 aromatic rings. The molecule has 0 atom stereocenters. The molecule has 0 aliphatic heterocycles. The van der Waals surface area contributed by atoms with Gasteiger partial charge in [0.05, 0.1) is 5.69 Å². The fraction of sp³-hybridized carbons (Fsp3) is 0.333. The number of carbonyl (C=O) groups excluding carboxylic acids is 1. The van der Waals surface area contributed by atoms with Crippen molar-refractivity contribution in [2.75, 3.05) is 18.4 Å². The maximum atomic E-state index is 12.9. The normalized spacial score (nSPS) is 10.2. The highest BCUT2D eigenvalue weighted by molar-refractivity contribution is 5.94. The molecule has 1 aromatic carbocycles. The summed E-state index contributed by atoms with van der Waals surface area (Å²) in [7, 11) is 0. The summed E-state index contributed by atoms with van der Waals surface area (Å²) in [6, 6.07) is 7.51. The van der Waals surface area contributed by atoms with Gasteiger partial charge in [-0.3, -0.25) is 4.79 Å². The first-order valence-electron chi connectivity index (χ1n) is 8.16. The van der Waals surface area contributed by atoms with Crippen LogP contribution < -0.4 is 10.6 Å². The van der Waals surface area contributed by atoms with Crippen molar-refractivity contribution < 1.29 is 9.18 Å². The lowest BCUT2D eigenvalue weighted by Crippen LogP contribution is -2.29. The quantitative estimate of drug-likeness (QED) is 0.755. The van der Waals surface area contributed by atoms with E-state index in [0.29, 0.717) is 36.5 Å². The Labute approximate surface area is 146 Å². The molecular formula is C18H20FN5O. The van der Waals surface area contributed by atoms with E-state index in [2.05, 4.69) is 26.9 Å². The van der Waals surface area contributed by atoms with Crippen LogP contribution >= 0.6 is 0 Å². The summed E-state index contributed by atoms with van der Waals surface area (Å²) in [5.74, 6) is -0.250. The molecule has 0 fully saturated rings. The Morgan fingerprint density at radius 1 is 1.16 bits per heavy atom. The van der Waals surface area contributed by atoms with E-state index >= 15 is 0 Å². The third-order valence-corrected chi connectivity index (χ3v) is 3.77. The molecule has 2 N–H and O–H groups in total. The largest absolute Gasteiger partial charge is 0.366 e. The highest BCUT2D eigenvalue weighted by Crippen LogP contribution is 2.19. The number of nitrogens with zero attached hydrogens (tertiary/aromatic N) is 3. The van der Waals surface area contributed by atoms with Gasteiger partial charge >= 0.3 is 0 Å². The first-order valence-corrected chi connectivity index (χ1v) is 8.16. The SMILES string of the molecule is CCc1nnc(NCCNC(=O)c2ccc(F)cc2)c(C#N)c1CC. The third-order valence-electron chi connectivity index (χ3n) is 3.77. The Morgan fingerprint density at radius 3 is 2.48 bits per heavy atom. The van der Waals surface area contributed by atoms with Crippen LogP contribution in [0.5, 0.6) is 0 Å². The van der Waals surface area contributed by atoms with Crippen LogP contribution in [-0.2, 0) is 12.8 Å². The summed E-state index contributed by atoms with van der Waals surface area (Å²) in [5, 5.41) is 23.4. The zero-order valence-electron chi connectivity index (χ0n) is 14.3. The number of amides is 1. The van der Waals surface area contributed by atoms with Crippen LogP contribution in [0.25, 0.3) is 0 Å². The molecule has 0 bridgehead atoms. The molecule has 130 valence electrons. The van der Waals surface area contributed by atoms with E-state index in [1.807, 2.05) is 13.8 Å². The lowest BCUT2D eigenvalue weighted by atomic mass is 10.0. The molecule has 6 nitrogen and oxygen atoms in total. The second-order valence-electron chi connectivity index (χ2n) is 5.36. The van der Waals surface area contributed by atoms with Crippen molar-refractivity contribution in [3.8, 4) is 6.07 Å². The number of benzene rings is 1. The number of carbonyl (C=O) groups is 1. The van der Waals surface area contributed by atoms with Crippen LogP contribution in [0.2, 0.25) is 0 Å². The summed E-state index contributed by atoms with van der Waals surface area (Å²) in [6.07, 6.45) is 1.43. The number of halogens is 1. The number of aryl methyl sites for hydroxylation is 1. The fourth-order valence-electron chi connectivity index (χ4n) is 2.48. The van der Waals surface area contributed by atoms with Crippen molar-refractivity contribution >= 4 is 11.7 Å². The number of hydrogen-bond acceptors (Lipinski definition) is 5. The van der Waals surface area contributed by atoms with Crippen LogP contribution in [0, 0.1) is 17.1 Å². The smallest absolute Gasteiger partial charge is 0.251 e. The zero-order chi connectivity index (χ0) is 18.2. The molecule has 1 heterocycles. The third kappa shape index (κ3) is 4.51. The van der Waals surface area contributed by atoms with Crippen molar-refractivity contribution in [2.45, 2.75) is 26.7 Å². The van der Waals surface area contributed by atoms with Crippen LogP contribution in [0.15, 0.2) is 24.3 Å². The van der Waals surface area contributed by atoms with E-state index in [1.165, 1.54) is 24.3 Å². The predicted octanol–water partition coefficient (Wildman–Crippen LogP) is 2.45. The molecule has 1 aromatic heterocycles. The van der Waals surface area contributed by atoms with Crippen molar-refractivity contribution in [1.29, 1.82) is 5.26 Å². The average molecular weight is 341 g/mol. The van der Waals surface area contributed by atoms with Gasteiger partial charge in [0.25, 0.3) is 5.91 Å². The van der Waals surface area contributed by atoms with Crippen LogP contribution in [0.3, 0.4) is 0 Å². The second-order valence-corrected chi connectivity index (χ2v) is 5.36. The van der Waals surface area contributed by atoms with E-state index in [4.69, 9.17) is 0 Å². The molecule has 0 saturated heterocycles. The number of rotatable bonds is 7. The minimum Gasteiger partial charge on any atom is -0.366 e. The van der Waals surface area contributed by atoms with Gasteiger partial charge in [0, 0.05) is 18.7 Å². The Hall–Kier alpha value is -3.01. The Balaban J connectivity index is 1.95. The maximum Gasteiger partial charge on any atom is 0.251 e. The monoisotopic (exact) mass is 341 g/mol. The first-order chi connectivity index (χ1) is 12.1. The van der Waals surface area contributed by atoms with Gasteiger partial charge in [-0.15, -0.1) is 5.10 Å². The van der Waals surface area contributed by atoms with Gasteiger partial charge in [-0.25, -0.2) is 4.39 Å². The van der Waals surface area contributed by atoms with Gasteiger partial charge in [0.15, 0.2) is 5.82 Å². The van der Waals surface area contributed by atoms with E-state index in [1.54, 1.807) is 0 Å². The van der Waals surface area contributed by atoms with Crippen LogP contribution in [-0.4, -0.2) is 29.2 Å². The first kappa shape index (κ1) is 18.3. The molecule has 0 aliphatic carbocycles. The fourth-order valence-corrected chi connectivity index (χ4v) is 2.48. The minimum absolute atomic E-state index is 0.288. The lowest BCUT2D eigenvalue weighted by Gasteiger charge is -2.12. The molecule has 0 saturated carbocycles. The molecule has 0 aliphatic rings. The van der Waals surface area contributed by atoms with Crippen molar-refractivity contribution in [2.24, 2.45) is 0 Å². The summed E-state index contributed by atoms with van der Waals surface area (Å²) in [5.41, 5.74) is 2.62. The maximum absolute atomic E-state index is 12.9. The Kier molecular flexibility index (Phi) is 6.40. The number of anilines is 1. The summed E-state index contributed by atoms with van der Waals surface area (Å²) in [6.45, 7) is 4.68.